The largest absolute Gasteiger partial charge is 0.328 e. The minimum absolute atomic E-state index is 0.151. The lowest BCUT2D eigenvalue weighted by Gasteiger charge is -2.09. The van der Waals surface area contributed by atoms with Crippen LogP contribution < -0.4 is 16.8 Å². The fourth-order valence-electron chi connectivity index (χ4n) is 0.863. The summed E-state index contributed by atoms with van der Waals surface area (Å²) in [5, 5.41) is 2.65. The molecule has 0 bridgehead atoms. The summed E-state index contributed by atoms with van der Waals surface area (Å²) in [6, 6.07) is 8.49. The van der Waals surface area contributed by atoms with E-state index in [0.29, 0.717) is 0 Å². The van der Waals surface area contributed by atoms with Crippen LogP contribution in [0.3, 0.4) is 0 Å². The van der Waals surface area contributed by atoms with Gasteiger partial charge < -0.3 is 16.8 Å². The zero-order valence-electron chi connectivity index (χ0n) is 7.23. The van der Waals surface area contributed by atoms with Gasteiger partial charge in [-0.05, 0) is 12.1 Å². The van der Waals surface area contributed by atoms with Crippen LogP contribution in [0.5, 0.6) is 0 Å². The molecule has 1 amide bonds. The molecule has 0 aromatic heterocycles. The number of nitrogens with one attached hydrogen (secondary N) is 1. The molecule has 4 nitrogen and oxygen atoms in total. The molecule has 1 rings (SSSR count). The molecule has 0 saturated carbocycles. The summed E-state index contributed by atoms with van der Waals surface area (Å²) in [5.41, 5.74) is 11.4. The summed E-state index contributed by atoms with van der Waals surface area (Å²) in [4.78, 5) is 11.2. The van der Waals surface area contributed by atoms with Crippen molar-refractivity contribution in [2.24, 2.45) is 11.5 Å². The number of anilines is 1. The van der Waals surface area contributed by atoms with E-state index in [1.807, 2.05) is 18.2 Å². The first-order valence-corrected chi connectivity index (χ1v) is 4.05. The molecule has 4 heteroatoms. The van der Waals surface area contributed by atoms with Gasteiger partial charge in [0.2, 0.25) is 5.91 Å². The lowest BCUT2D eigenvalue weighted by Crippen LogP contribution is -2.41. The first-order valence-electron chi connectivity index (χ1n) is 4.05. The summed E-state index contributed by atoms with van der Waals surface area (Å²) in [6.07, 6.45) is 0. The number of nitrogens with two attached hydrogens (primary N) is 2. The standard InChI is InChI=1S/C9H13N3O/c10-6-8(11)9(13)12-7-4-2-1-3-5-7/h1-5,8H,6,10-11H2,(H,12,13)/t8-/m1/s1. The van der Waals surface area contributed by atoms with E-state index in [1.165, 1.54) is 0 Å². The second-order valence-corrected chi connectivity index (χ2v) is 2.70. The third kappa shape index (κ3) is 2.85. The average molecular weight is 179 g/mol. The van der Waals surface area contributed by atoms with Gasteiger partial charge in [-0.3, -0.25) is 4.79 Å². The Balaban J connectivity index is 2.55. The maximum absolute atomic E-state index is 11.2. The fourth-order valence-corrected chi connectivity index (χ4v) is 0.863. The van der Waals surface area contributed by atoms with Crippen molar-refractivity contribution in [3.8, 4) is 0 Å². The van der Waals surface area contributed by atoms with Crippen LogP contribution in [0.1, 0.15) is 0 Å². The smallest absolute Gasteiger partial charge is 0.242 e. The number of para-hydroxylation sites is 1. The minimum atomic E-state index is -0.639. The number of carbonyl (C=O) groups is 1. The van der Waals surface area contributed by atoms with Gasteiger partial charge in [0.1, 0.15) is 0 Å². The van der Waals surface area contributed by atoms with Crippen molar-refractivity contribution in [3.63, 3.8) is 0 Å². The number of hydrogen-bond donors (Lipinski definition) is 3. The van der Waals surface area contributed by atoms with E-state index in [2.05, 4.69) is 5.32 Å². The molecule has 0 aliphatic carbocycles. The van der Waals surface area contributed by atoms with Gasteiger partial charge in [0.15, 0.2) is 0 Å². The van der Waals surface area contributed by atoms with Crippen molar-refractivity contribution in [2.75, 3.05) is 11.9 Å². The van der Waals surface area contributed by atoms with Crippen molar-refractivity contribution in [3.05, 3.63) is 30.3 Å². The minimum Gasteiger partial charge on any atom is -0.328 e. The van der Waals surface area contributed by atoms with Gasteiger partial charge in [-0.15, -0.1) is 0 Å². The van der Waals surface area contributed by atoms with E-state index in [0.717, 1.165) is 5.69 Å². The lowest BCUT2D eigenvalue weighted by atomic mass is 10.2. The van der Waals surface area contributed by atoms with Crippen molar-refractivity contribution in [2.45, 2.75) is 6.04 Å². The summed E-state index contributed by atoms with van der Waals surface area (Å²) < 4.78 is 0. The van der Waals surface area contributed by atoms with Gasteiger partial charge in [0, 0.05) is 12.2 Å². The Morgan fingerprint density at radius 3 is 2.54 bits per heavy atom. The monoisotopic (exact) mass is 179 g/mol. The molecule has 5 N–H and O–H groups in total. The van der Waals surface area contributed by atoms with Crippen LogP contribution in [0, 0.1) is 0 Å². The molecule has 0 unspecified atom stereocenters. The first kappa shape index (κ1) is 9.70. The van der Waals surface area contributed by atoms with E-state index in [9.17, 15) is 4.79 Å². The molecular weight excluding hydrogens is 166 g/mol. The molecule has 0 aliphatic heterocycles. The molecule has 0 fully saturated rings. The third-order valence-electron chi connectivity index (χ3n) is 1.63. The zero-order valence-corrected chi connectivity index (χ0v) is 7.23. The number of hydrogen-bond acceptors (Lipinski definition) is 3. The number of rotatable bonds is 3. The van der Waals surface area contributed by atoms with Gasteiger partial charge in [-0.2, -0.15) is 0 Å². The molecule has 1 aromatic rings. The molecule has 1 atom stereocenters. The fraction of sp³-hybridized carbons (Fsp3) is 0.222. The summed E-state index contributed by atoms with van der Waals surface area (Å²) in [5.74, 6) is -0.256. The molecule has 0 spiro atoms. The molecule has 1 aromatic carbocycles. The molecule has 13 heavy (non-hydrogen) atoms. The van der Waals surface area contributed by atoms with Crippen molar-refractivity contribution < 1.29 is 4.79 Å². The first-order chi connectivity index (χ1) is 6.24. The molecule has 0 heterocycles. The van der Waals surface area contributed by atoms with Crippen LogP contribution in [0.4, 0.5) is 5.69 Å². The van der Waals surface area contributed by atoms with E-state index >= 15 is 0 Å². The van der Waals surface area contributed by atoms with Crippen molar-refractivity contribution >= 4 is 11.6 Å². The molecule has 70 valence electrons. The summed E-state index contributed by atoms with van der Waals surface area (Å²) >= 11 is 0. The van der Waals surface area contributed by atoms with E-state index < -0.39 is 6.04 Å². The molecule has 0 radical (unpaired) electrons. The van der Waals surface area contributed by atoms with Gasteiger partial charge in [0.25, 0.3) is 0 Å². The molecule has 0 saturated heterocycles. The second-order valence-electron chi connectivity index (χ2n) is 2.70. The maximum Gasteiger partial charge on any atom is 0.242 e. The van der Waals surface area contributed by atoms with E-state index in [4.69, 9.17) is 11.5 Å². The second kappa shape index (κ2) is 4.59. The highest BCUT2D eigenvalue weighted by Crippen LogP contribution is 2.04. The predicted molar refractivity (Wildman–Crippen MR) is 52.1 cm³/mol. The number of carbonyl (C=O) groups excluding carboxylic acids is 1. The Morgan fingerprint density at radius 2 is 2.00 bits per heavy atom. The normalized spacial score (nSPS) is 12.2. The van der Waals surface area contributed by atoms with E-state index in [1.54, 1.807) is 12.1 Å². The number of benzene rings is 1. The van der Waals surface area contributed by atoms with Gasteiger partial charge in [-0.25, -0.2) is 0 Å². The quantitative estimate of drug-likeness (QED) is 0.606. The predicted octanol–water partition coefficient (Wildman–Crippen LogP) is -0.0889. The van der Waals surface area contributed by atoms with Gasteiger partial charge >= 0.3 is 0 Å². The van der Waals surface area contributed by atoms with Crippen LogP contribution in [-0.2, 0) is 4.79 Å². The topological polar surface area (TPSA) is 81.1 Å². The van der Waals surface area contributed by atoms with Crippen LogP contribution in [0.25, 0.3) is 0 Å². The Kier molecular flexibility index (Phi) is 3.42. The Morgan fingerprint density at radius 1 is 1.38 bits per heavy atom. The van der Waals surface area contributed by atoms with Gasteiger partial charge in [-0.1, -0.05) is 18.2 Å². The SMILES string of the molecule is NC[C@@H](N)C(=O)Nc1ccccc1. The van der Waals surface area contributed by atoms with Crippen LogP contribution in [-0.4, -0.2) is 18.5 Å². The molecular formula is C9H13N3O. The Labute approximate surface area is 76.9 Å². The number of amides is 1. The van der Waals surface area contributed by atoms with E-state index in [-0.39, 0.29) is 12.5 Å². The van der Waals surface area contributed by atoms with Crippen molar-refractivity contribution in [1.82, 2.24) is 0 Å². The van der Waals surface area contributed by atoms with Crippen LogP contribution in [0.2, 0.25) is 0 Å². The van der Waals surface area contributed by atoms with Crippen molar-refractivity contribution in [1.29, 1.82) is 0 Å². The summed E-state index contributed by atoms with van der Waals surface area (Å²) in [6.45, 7) is 0.151. The maximum atomic E-state index is 11.2. The lowest BCUT2D eigenvalue weighted by molar-refractivity contribution is -0.117. The highest BCUT2D eigenvalue weighted by molar-refractivity contribution is 5.94. The van der Waals surface area contributed by atoms with Crippen LogP contribution in [0.15, 0.2) is 30.3 Å². The third-order valence-corrected chi connectivity index (χ3v) is 1.63. The zero-order chi connectivity index (χ0) is 9.68. The Hall–Kier alpha value is -1.39. The molecule has 0 aliphatic rings. The average Bonchev–Trinajstić information content (AvgIpc) is 2.18. The van der Waals surface area contributed by atoms with Crippen LogP contribution >= 0.6 is 0 Å². The van der Waals surface area contributed by atoms with Gasteiger partial charge in [0.05, 0.1) is 6.04 Å². The highest BCUT2D eigenvalue weighted by Gasteiger charge is 2.10. The highest BCUT2D eigenvalue weighted by atomic mass is 16.2. The Bertz CT molecular complexity index is 273. The summed E-state index contributed by atoms with van der Waals surface area (Å²) in [7, 11) is 0.